The first-order valence-electron chi connectivity index (χ1n) is 17.5. The minimum atomic E-state index is -1.22. The van der Waals surface area contributed by atoms with Crippen LogP contribution in [-0.2, 0) is 0 Å². The van der Waals surface area contributed by atoms with E-state index in [-0.39, 0.29) is 0 Å². The van der Waals surface area contributed by atoms with Crippen LogP contribution in [0.15, 0.2) is 133 Å². The standard InChI is InChI=1S/C24H20B.C16H36N.C2H3Cl/c1-5-13-21(14-6-1)25(22-15-7-2-8-16-22,23-17-9-3-10-18-23)24-19-11-4-12-20-24;1-5-9-13-17(14-10-6-2,15-11-7-3)16-12-8-4;1-2-3/h1-20H;5-16H2,1-4H3;2H,1H2/q-1;+1;. The lowest BCUT2D eigenvalue weighted by Crippen LogP contribution is -2.74. The quantitative estimate of drug-likeness (QED) is 0.0861. The van der Waals surface area contributed by atoms with Crippen LogP contribution in [0.3, 0.4) is 0 Å². The summed E-state index contributed by atoms with van der Waals surface area (Å²) < 4.78 is 1.42. The van der Waals surface area contributed by atoms with Gasteiger partial charge in [0.15, 0.2) is 0 Å². The Labute approximate surface area is 281 Å². The van der Waals surface area contributed by atoms with E-state index in [2.05, 4.69) is 156 Å². The van der Waals surface area contributed by atoms with E-state index in [0.717, 1.165) is 0 Å². The lowest BCUT2D eigenvalue weighted by molar-refractivity contribution is -0.929. The Morgan fingerprint density at radius 2 is 0.667 bits per heavy atom. The predicted molar refractivity (Wildman–Crippen MR) is 205 cm³/mol. The number of unbranched alkanes of at least 4 members (excludes halogenated alkanes) is 4. The van der Waals surface area contributed by atoms with Gasteiger partial charge in [0.1, 0.15) is 6.15 Å². The van der Waals surface area contributed by atoms with E-state index in [4.69, 9.17) is 11.6 Å². The Morgan fingerprint density at radius 3 is 0.844 bits per heavy atom. The van der Waals surface area contributed by atoms with Crippen molar-refractivity contribution in [3.63, 3.8) is 0 Å². The zero-order valence-corrected chi connectivity index (χ0v) is 29.5. The largest absolute Gasteiger partial charge is 0.324 e. The van der Waals surface area contributed by atoms with E-state index in [9.17, 15) is 0 Å². The minimum Gasteiger partial charge on any atom is -0.324 e. The van der Waals surface area contributed by atoms with Gasteiger partial charge in [-0.15, -0.1) is 0 Å². The van der Waals surface area contributed by atoms with Crippen molar-refractivity contribution >= 4 is 39.6 Å². The van der Waals surface area contributed by atoms with Gasteiger partial charge < -0.3 is 4.48 Å². The number of quaternary nitrogens is 1. The van der Waals surface area contributed by atoms with Gasteiger partial charge >= 0.3 is 0 Å². The molecule has 0 unspecified atom stereocenters. The van der Waals surface area contributed by atoms with Crippen LogP contribution < -0.4 is 21.9 Å². The Bertz CT molecular complexity index is 1060. The first-order chi connectivity index (χ1) is 22.1. The highest BCUT2D eigenvalue weighted by atomic mass is 35.5. The number of hydrogen-bond acceptors (Lipinski definition) is 0. The van der Waals surface area contributed by atoms with Crippen LogP contribution >= 0.6 is 11.6 Å². The van der Waals surface area contributed by atoms with Crippen molar-refractivity contribution in [3.05, 3.63) is 133 Å². The molecule has 0 heterocycles. The van der Waals surface area contributed by atoms with Gasteiger partial charge in [-0.1, -0.05) is 193 Å². The molecular formula is C42H59BClN. The number of benzene rings is 4. The highest BCUT2D eigenvalue weighted by molar-refractivity contribution is 7.19. The first-order valence-corrected chi connectivity index (χ1v) is 18.0. The third kappa shape index (κ3) is 11.7. The summed E-state index contributed by atoms with van der Waals surface area (Å²) in [7, 11) is 0. The summed E-state index contributed by atoms with van der Waals surface area (Å²) in [5, 5.41) is 0. The van der Waals surface area contributed by atoms with Crippen molar-refractivity contribution in [2.75, 3.05) is 26.2 Å². The Kier molecular flexibility index (Phi) is 19.0. The smallest absolute Gasteiger partial charge is 0.108 e. The van der Waals surface area contributed by atoms with Gasteiger partial charge in [0, 0.05) is 0 Å². The monoisotopic (exact) mass is 623 g/mol. The lowest BCUT2D eigenvalue weighted by atomic mass is 9.13. The van der Waals surface area contributed by atoms with Gasteiger partial charge in [-0.05, 0) is 31.2 Å². The topological polar surface area (TPSA) is 0 Å². The predicted octanol–water partition coefficient (Wildman–Crippen LogP) is 9.44. The normalized spacial score (nSPS) is 11.0. The maximum absolute atomic E-state index is 4.76. The summed E-state index contributed by atoms with van der Waals surface area (Å²) in [6.45, 7) is 18.1. The molecule has 0 aromatic heterocycles. The van der Waals surface area contributed by atoms with E-state index in [1.165, 1.54) is 109 Å². The molecule has 1 nitrogen and oxygen atoms in total. The molecule has 0 radical (unpaired) electrons. The summed E-state index contributed by atoms with van der Waals surface area (Å²) in [4.78, 5) is 0. The molecule has 0 N–H and O–H groups in total. The molecular weight excluding hydrogens is 565 g/mol. The van der Waals surface area contributed by atoms with Crippen LogP contribution in [0.5, 0.6) is 0 Å². The van der Waals surface area contributed by atoms with Gasteiger partial charge in [-0.3, -0.25) is 0 Å². The van der Waals surface area contributed by atoms with Crippen LogP contribution in [0.2, 0.25) is 0 Å². The summed E-state index contributed by atoms with van der Waals surface area (Å²) in [5.74, 6) is 0. The second-order valence-electron chi connectivity index (χ2n) is 12.3. The fourth-order valence-electron chi connectivity index (χ4n) is 6.77. The summed E-state index contributed by atoms with van der Waals surface area (Å²) in [6.07, 6.45) is 9.85. The van der Waals surface area contributed by atoms with Crippen LogP contribution in [0.25, 0.3) is 0 Å². The molecule has 0 aliphatic rings. The third-order valence-electron chi connectivity index (χ3n) is 9.14. The van der Waals surface area contributed by atoms with E-state index in [1.807, 2.05) is 0 Å². The van der Waals surface area contributed by atoms with Crippen molar-refractivity contribution in [2.45, 2.75) is 79.1 Å². The van der Waals surface area contributed by atoms with Crippen LogP contribution in [0.4, 0.5) is 0 Å². The minimum absolute atomic E-state index is 1.22. The van der Waals surface area contributed by atoms with Gasteiger partial charge in [0.05, 0.1) is 26.2 Å². The van der Waals surface area contributed by atoms with Gasteiger partial charge in [0.2, 0.25) is 0 Å². The Balaban J connectivity index is 0.000000310. The summed E-state index contributed by atoms with van der Waals surface area (Å²) in [5.41, 5.74) is 6.58. The average Bonchev–Trinajstić information content (AvgIpc) is 3.11. The van der Waals surface area contributed by atoms with Crippen LogP contribution in [0.1, 0.15) is 79.1 Å². The van der Waals surface area contributed by atoms with Crippen molar-refractivity contribution < 1.29 is 4.48 Å². The molecule has 0 spiro atoms. The maximum Gasteiger partial charge on any atom is 0.108 e. The Hall–Kier alpha value is -3.07. The van der Waals surface area contributed by atoms with E-state index < -0.39 is 6.15 Å². The molecule has 0 aliphatic carbocycles. The molecule has 0 saturated carbocycles. The molecule has 45 heavy (non-hydrogen) atoms. The van der Waals surface area contributed by atoms with E-state index in [0.29, 0.717) is 0 Å². The SMILES string of the molecule is C=CCl.CCCC[N+](CCCC)(CCCC)CCCC.c1ccc([B-](c2ccccc2)(c2ccccc2)c2ccccc2)cc1. The molecule has 0 saturated heterocycles. The maximum atomic E-state index is 4.76. The molecule has 0 aliphatic heterocycles. The fraction of sp³-hybridized carbons (Fsp3) is 0.381. The molecule has 0 amide bonds. The molecule has 4 aromatic carbocycles. The summed E-state index contributed by atoms with van der Waals surface area (Å²) >= 11 is 4.76. The zero-order valence-electron chi connectivity index (χ0n) is 28.7. The molecule has 3 heteroatoms. The van der Waals surface area contributed by atoms with Crippen molar-refractivity contribution in [1.29, 1.82) is 0 Å². The van der Waals surface area contributed by atoms with Crippen molar-refractivity contribution in [1.82, 2.24) is 0 Å². The molecule has 0 fully saturated rings. The highest BCUT2D eigenvalue weighted by Crippen LogP contribution is 2.16. The Morgan fingerprint density at radius 1 is 0.467 bits per heavy atom. The average molecular weight is 624 g/mol. The van der Waals surface area contributed by atoms with Gasteiger partial charge in [-0.25, -0.2) is 0 Å². The molecule has 0 atom stereocenters. The first kappa shape index (κ1) is 38.1. The lowest BCUT2D eigenvalue weighted by Gasteiger charge is -2.44. The van der Waals surface area contributed by atoms with E-state index >= 15 is 0 Å². The van der Waals surface area contributed by atoms with Gasteiger partial charge in [0.25, 0.3) is 0 Å². The third-order valence-corrected chi connectivity index (χ3v) is 9.14. The molecule has 0 bridgehead atoms. The second-order valence-corrected chi connectivity index (χ2v) is 12.6. The second kappa shape index (κ2) is 22.4. The fourth-order valence-corrected chi connectivity index (χ4v) is 6.77. The number of nitrogens with zero attached hydrogens (tertiary/aromatic N) is 1. The molecule has 242 valence electrons. The molecule has 4 rings (SSSR count). The number of hydrogen-bond donors (Lipinski definition) is 0. The number of rotatable bonds is 16. The number of halogens is 1. The summed E-state index contributed by atoms with van der Waals surface area (Å²) in [6, 6.07) is 43.5. The highest BCUT2D eigenvalue weighted by Gasteiger charge is 2.31. The van der Waals surface area contributed by atoms with Crippen LogP contribution in [0, 0.1) is 0 Å². The van der Waals surface area contributed by atoms with Gasteiger partial charge in [-0.2, -0.15) is 21.9 Å². The van der Waals surface area contributed by atoms with E-state index in [1.54, 1.807) is 0 Å². The molecule has 4 aromatic rings. The van der Waals surface area contributed by atoms with Crippen molar-refractivity contribution in [2.24, 2.45) is 0 Å². The zero-order chi connectivity index (χ0) is 32.6. The van der Waals surface area contributed by atoms with Crippen molar-refractivity contribution in [3.8, 4) is 0 Å². The van der Waals surface area contributed by atoms with Crippen LogP contribution in [-0.4, -0.2) is 36.8 Å².